The molecule has 3 heterocycles. The molecule has 2 bridgehead atoms. The van der Waals surface area contributed by atoms with Crippen LogP contribution in [0.4, 0.5) is 17.2 Å². The third-order valence-corrected chi connectivity index (χ3v) is 6.21. The summed E-state index contributed by atoms with van der Waals surface area (Å²) < 4.78 is 0. The molecule has 1 aromatic carbocycles. The molecule has 1 aliphatic heterocycles. The largest absolute Gasteiger partial charge is 0.368 e. The number of nitrogens with zero attached hydrogens (tertiary/aromatic N) is 3. The smallest absolute Gasteiger partial charge is 0.134 e. The van der Waals surface area contributed by atoms with E-state index in [2.05, 4.69) is 55.9 Å². The molecule has 2 aromatic heterocycles. The van der Waals surface area contributed by atoms with Crippen molar-refractivity contribution in [2.24, 2.45) is 5.92 Å². The van der Waals surface area contributed by atoms with Gasteiger partial charge in [-0.15, -0.1) is 11.3 Å². The molecule has 0 spiro atoms. The van der Waals surface area contributed by atoms with Crippen LogP contribution in [-0.4, -0.2) is 22.6 Å². The van der Waals surface area contributed by atoms with Gasteiger partial charge in [0.2, 0.25) is 0 Å². The number of hydrogen-bond donors (Lipinski definition) is 1. The number of hydrogen-bond acceptors (Lipinski definition) is 5. The number of piperidine rings is 1. The molecule has 0 radical (unpaired) electrons. The van der Waals surface area contributed by atoms with Crippen LogP contribution in [0.5, 0.6) is 0 Å². The predicted molar refractivity (Wildman–Crippen MR) is 104 cm³/mol. The Bertz CT molecular complexity index is 860. The maximum atomic E-state index is 4.36. The fourth-order valence-corrected chi connectivity index (χ4v) is 4.80. The highest BCUT2D eigenvalue weighted by Gasteiger charge is 2.37. The topological polar surface area (TPSA) is 41.0 Å². The second-order valence-electron chi connectivity index (χ2n) is 6.92. The second kappa shape index (κ2) is 6.15. The average molecular weight is 348 g/mol. The fourth-order valence-electron chi connectivity index (χ4n) is 4.11. The molecule has 2 aliphatic rings. The number of rotatable bonds is 4. The van der Waals surface area contributed by atoms with E-state index in [1.54, 1.807) is 17.7 Å². The number of fused-ring (bicyclic) bond motifs is 2. The number of nitrogens with one attached hydrogen (secondary N) is 1. The minimum atomic E-state index is 0.763. The Balaban J connectivity index is 1.32. The van der Waals surface area contributed by atoms with Crippen molar-refractivity contribution in [1.29, 1.82) is 0 Å². The van der Waals surface area contributed by atoms with E-state index in [0.29, 0.717) is 0 Å². The summed E-state index contributed by atoms with van der Waals surface area (Å²) >= 11 is 1.69. The molecule has 2 fully saturated rings. The maximum Gasteiger partial charge on any atom is 0.134 e. The first kappa shape index (κ1) is 14.9. The van der Waals surface area contributed by atoms with E-state index in [4.69, 9.17) is 0 Å². The van der Waals surface area contributed by atoms with Crippen LogP contribution in [0.25, 0.3) is 10.6 Å². The predicted octanol–water partition coefficient (Wildman–Crippen LogP) is 4.94. The zero-order chi connectivity index (χ0) is 16.6. The lowest BCUT2D eigenvalue weighted by Crippen LogP contribution is -2.31. The van der Waals surface area contributed by atoms with Crippen molar-refractivity contribution < 1.29 is 0 Å². The molecule has 25 heavy (non-hydrogen) atoms. The van der Waals surface area contributed by atoms with E-state index in [9.17, 15) is 0 Å². The first-order chi connectivity index (χ1) is 12.3. The van der Waals surface area contributed by atoms with Crippen LogP contribution in [0, 0.1) is 5.92 Å². The Hall–Kier alpha value is -2.40. The van der Waals surface area contributed by atoms with E-state index in [1.807, 2.05) is 12.1 Å². The average Bonchev–Trinajstić information content (AvgIpc) is 3.40. The molecule has 1 saturated heterocycles. The Morgan fingerprint density at radius 2 is 2.00 bits per heavy atom. The fraction of sp³-hybridized carbons (Fsp3) is 0.300. The summed E-state index contributed by atoms with van der Waals surface area (Å²) in [4.78, 5) is 12.5. The summed E-state index contributed by atoms with van der Waals surface area (Å²) in [6, 6.07) is 15.6. The molecule has 1 saturated carbocycles. The van der Waals surface area contributed by atoms with Crippen molar-refractivity contribution >= 4 is 28.5 Å². The van der Waals surface area contributed by atoms with Gasteiger partial charge < -0.3 is 10.2 Å². The van der Waals surface area contributed by atoms with Gasteiger partial charge in [0.15, 0.2) is 0 Å². The second-order valence-corrected chi connectivity index (χ2v) is 7.87. The van der Waals surface area contributed by atoms with Crippen LogP contribution in [0.1, 0.15) is 19.3 Å². The Morgan fingerprint density at radius 1 is 1.08 bits per heavy atom. The summed E-state index contributed by atoms with van der Waals surface area (Å²) in [5.74, 6) is 1.74. The normalized spacial score (nSPS) is 21.7. The van der Waals surface area contributed by atoms with Gasteiger partial charge in [-0.3, -0.25) is 0 Å². The number of benzene rings is 1. The Kier molecular flexibility index (Phi) is 3.67. The minimum absolute atomic E-state index is 0.763. The summed E-state index contributed by atoms with van der Waals surface area (Å²) in [7, 11) is 0. The van der Waals surface area contributed by atoms with Gasteiger partial charge in [-0.05, 0) is 60.9 Å². The highest BCUT2D eigenvalue weighted by Crippen LogP contribution is 2.40. The van der Waals surface area contributed by atoms with Crippen LogP contribution in [0.15, 0.2) is 54.2 Å². The molecular formula is C20H20N4S. The first-order valence-corrected chi connectivity index (χ1v) is 9.73. The van der Waals surface area contributed by atoms with Crippen molar-refractivity contribution in [1.82, 2.24) is 9.97 Å². The number of thiophene rings is 1. The zero-order valence-electron chi connectivity index (χ0n) is 13.9. The molecule has 5 rings (SSSR count). The lowest BCUT2D eigenvalue weighted by Gasteiger charge is -2.29. The quantitative estimate of drug-likeness (QED) is 0.725. The first-order valence-electron chi connectivity index (χ1n) is 8.85. The third-order valence-electron chi connectivity index (χ3n) is 5.32. The molecular weight excluding hydrogens is 328 g/mol. The summed E-state index contributed by atoms with van der Waals surface area (Å²) in [6.07, 6.45) is 5.78. The van der Waals surface area contributed by atoms with Gasteiger partial charge in [0.05, 0.1) is 10.6 Å². The van der Waals surface area contributed by atoms with Crippen molar-refractivity contribution in [3.63, 3.8) is 0 Å². The van der Waals surface area contributed by atoms with Crippen LogP contribution in [0.3, 0.4) is 0 Å². The van der Waals surface area contributed by atoms with Crippen molar-refractivity contribution in [2.45, 2.75) is 25.3 Å². The lowest BCUT2D eigenvalue weighted by molar-refractivity contribution is 0.553. The third kappa shape index (κ3) is 2.89. The van der Waals surface area contributed by atoms with Crippen LogP contribution in [0.2, 0.25) is 0 Å². The molecule has 0 amide bonds. The van der Waals surface area contributed by atoms with Gasteiger partial charge in [0, 0.05) is 30.0 Å². The standard InChI is InChI=1S/C20H20N4S/c1-2-19(25-9-1)18-11-20(22-13-21-18)23-15-4-7-16(8-5-15)24-12-14-3-6-17(24)10-14/h1-2,4-5,7-9,11,13-14,17H,3,6,10,12H2,(H,21,22,23). The molecule has 4 nitrogen and oxygen atoms in total. The van der Waals surface area contributed by atoms with Crippen molar-refractivity contribution in [2.75, 3.05) is 16.8 Å². The van der Waals surface area contributed by atoms with Gasteiger partial charge in [-0.1, -0.05) is 6.07 Å². The van der Waals surface area contributed by atoms with Gasteiger partial charge in [0.25, 0.3) is 0 Å². The van der Waals surface area contributed by atoms with E-state index >= 15 is 0 Å². The SMILES string of the molecule is c1csc(-c2cc(Nc3ccc(N4CC5CCC4C5)cc3)ncn2)c1. The highest BCUT2D eigenvalue weighted by atomic mass is 32.1. The molecule has 3 aromatic rings. The monoisotopic (exact) mass is 348 g/mol. The van der Waals surface area contributed by atoms with E-state index < -0.39 is 0 Å². The number of anilines is 3. The molecule has 1 N–H and O–H groups in total. The molecule has 5 heteroatoms. The lowest BCUT2D eigenvalue weighted by atomic mass is 10.1. The highest BCUT2D eigenvalue weighted by molar-refractivity contribution is 7.13. The number of aromatic nitrogens is 2. The van der Waals surface area contributed by atoms with Crippen molar-refractivity contribution in [3.8, 4) is 10.6 Å². The summed E-state index contributed by atoms with van der Waals surface area (Å²) in [5, 5.41) is 5.46. The molecule has 2 unspecified atom stereocenters. The van der Waals surface area contributed by atoms with E-state index in [0.717, 1.165) is 34.0 Å². The van der Waals surface area contributed by atoms with Crippen LogP contribution >= 0.6 is 11.3 Å². The molecule has 126 valence electrons. The van der Waals surface area contributed by atoms with Gasteiger partial charge in [0.1, 0.15) is 12.1 Å². The van der Waals surface area contributed by atoms with E-state index in [1.165, 1.54) is 31.5 Å². The molecule has 1 aliphatic carbocycles. The summed E-state index contributed by atoms with van der Waals surface area (Å²) in [6.45, 7) is 1.23. The van der Waals surface area contributed by atoms with Crippen LogP contribution in [-0.2, 0) is 0 Å². The van der Waals surface area contributed by atoms with Gasteiger partial charge in [-0.2, -0.15) is 0 Å². The van der Waals surface area contributed by atoms with E-state index in [-0.39, 0.29) is 0 Å². The molecule has 2 atom stereocenters. The van der Waals surface area contributed by atoms with Gasteiger partial charge in [-0.25, -0.2) is 9.97 Å². The Morgan fingerprint density at radius 3 is 2.72 bits per heavy atom. The maximum absolute atomic E-state index is 4.36. The minimum Gasteiger partial charge on any atom is -0.368 e. The van der Waals surface area contributed by atoms with Gasteiger partial charge >= 0.3 is 0 Å². The van der Waals surface area contributed by atoms with Crippen LogP contribution < -0.4 is 10.2 Å². The van der Waals surface area contributed by atoms with Crippen molar-refractivity contribution in [3.05, 3.63) is 54.2 Å². The zero-order valence-corrected chi connectivity index (χ0v) is 14.7. The Labute approximate surface area is 151 Å². The summed E-state index contributed by atoms with van der Waals surface area (Å²) in [5.41, 5.74) is 3.36.